The van der Waals surface area contributed by atoms with Crippen molar-refractivity contribution in [3.05, 3.63) is 41.6 Å². The first-order valence-electron chi connectivity index (χ1n) is 3.54. The zero-order valence-corrected chi connectivity index (χ0v) is 6.97. The van der Waals surface area contributed by atoms with Crippen LogP contribution in [0.15, 0.2) is 30.3 Å². The van der Waals surface area contributed by atoms with E-state index in [1.807, 2.05) is 24.3 Å². The van der Waals surface area contributed by atoms with E-state index in [4.69, 9.17) is 11.6 Å². The molecule has 2 rings (SSSR count). The van der Waals surface area contributed by atoms with Crippen LogP contribution in [-0.2, 0) is 0 Å². The van der Waals surface area contributed by atoms with Crippen LogP contribution in [0.1, 0.15) is 0 Å². The summed E-state index contributed by atoms with van der Waals surface area (Å²) in [5.41, 5.74) is 1.84. The van der Waals surface area contributed by atoms with Gasteiger partial charge >= 0.3 is 0 Å². The zero-order valence-electron chi connectivity index (χ0n) is 6.21. The van der Waals surface area contributed by atoms with Gasteiger partial charge in [0.25, 0.3) is 0 Å². The van der Waals surface area contributed by atoms with E-state index in [0.29, 0.717) is 0 Å². The molecule has 1 N–H and O–H groups in total. The van der Waals surface area contributed by atoms with Gasteiger partial charge in [0, 0.05) is 10.6 Å². The quantitative estimate of drug-likeness (QED) is 0.713. The lowest BCUT2D eigenvalue weighted by Gasteiger charge is -1.98. The van der Waals surface area contributed by atoms with E-state index in [2.05, 4.69) is 16.4 Å². The summed E-state index contributed by atoms with van der Waals surface area (Å²) in [5, 5.41) is 7.25. The molecule has 3 heteroatoms. The van der Waals surface area contributed by atoms with Crippen LogP contribution < -0.4 is 0 Å². The second-order valence-electron chi connectivity index (χ2n) is 2.39. The summed E-state index contributed by atoms with van der Waals surface area (Å²) in [4.78, 5) is 0. The molecule has 1 aromatic carbocycles. The molecule has 59 valence electrons. The Hall–Kier alpha value is -1.28. The Labute approximate surface area is 75.2 Å². The lowest BCUT2D eigenvalue weighted by molar-refractivity contribution is 1.09. The van der Waals surface area contributed by atoms with Crippen LogP contribution >= 0.6 is 11.6 Å². The maximum absolute atomic E-state index is 5.95. The van der Waals surface area contributed by atoms with Gasteiger partial charge in [0.1, 0.15) is 6.20 Å². The highest BCUT2D eigenvalue weighted by atomic mass is 35.5. The number of aromatic nitrogens is 2. The number of hydrogen-bond acceptors (Lipinski definition) is 1. The number of aromatic amines is 1. The second kappa shape index (κ2) is 2.99. The minimum absolute atomic E-state index is 0.718. The molecule has 2 nitrogen and oxygen atoms in total. The van der Waals surface area contributed by atoms with E-state index >= 15 is 0 Å². The van der Waals surface area contributed by atoms with Gasteiger partial charge < -0.3 is 0 Å². The van der Waals surface area contributed by atoms with Gasteiger partial charge in [-0.1, -0.05) is 29.8 Å². The lowest BCUT2D eigenvalue weighted by atomic mass is 10.2. The predicted molar refractivity (Wildman–Crippen MR) is 47.9 cm³/mol. The molecule has 1 radical (unpaired) electrons. The Morgan fingerprint density at radius 3 is 2.83 bits per heavy atom. The molecule has 0 aliphatic carbocycles. The molecule has 0 bridgehead atoms. The summed E-state index contributed by atoms with van der Waals surface area (Å²) in [5.74, 6) is 0. The fourth-order valence-corrected chi connectivity index (χ4v) is 1.28. The number of halogens is 1. The molecule has 12 heavy (non-hydrogen) atoms. The van der Waals surface area contributed by atoms with Crippen molar-refractivity contribution in [1.29, 1.82) is 0 Å². The van der Waals surface area contributed by atoms with Crippen LogP contribution in [0.25, 0.3) is 11.3 Å². The minimum Gasteiger partial charge on any atom is -0.277 e. The van der Waals surface area contributed by atoms with Crippen molar-refractivity contribution >= 4 is 11.6 Å². The Morgan fingerprint density at radius 2 is 2.17 bits per heavy atom. The summed E-state index contributed by atoms with van der Waals surface area (Å²) < 4.78 is 0. The van der Waals surface area contributed by atoms with E-state index in [9.17, 15) is 0 Å². The molecule has 0 saturated heterocycles. The van der Waals surface area contributed by atoms with Crippen molar-refractivity contribution < 1.29 is 0 Å². The molecule has 0 unspecified atom stereocenters. The van der Waals surface area contributed by atoms with Crippen molar-refractivity contribution in [3.8, 4) is 11.3 Å². The van der Waals surface area contributed by atoms with Crippen LogP contribution in [0.2, 0.25) is 5.02 Å². The van der Waals surface area contributed by atoms with Crippen molar-refractivity contribution in [2.24, 2.45) is 0 Å². The van der Waals surface area contributed by atoms with Crippen molar-refractivity contribution in [1.82, 2.24) is 10.2 Å². The first-order valence-corrected chi connectivity index (χ1v) is 3.92. The molecular formula is C9H6ClN2. The molecule has 2 aromatic rings. The zero-order chi connectivity index (χ0) is 8.39. The molecule has 0 fully saturated rings. The molecule has 0 spiro atoms. The highest BCUT2D eigenvalue weighted by molar-refractivity contribution is 6.33. The molecule has 0 saturated carbocycles. The fourth-order valence-electron chi connectivity index (χ4n) is 1.04. The van der Waals surface area contributed by atoms with Crippen LogP contribution in [-0.4, -0.2) is 10.2 Å². The molecule has 0 aliphatic heterocycles. The van der Waals surface area contributed by atoms with Gasteiger partial charge in [0.05, 0.1) is 5.69 Å². The van der Waals surface area contributed by atoms with Crippen molar-refractivity contribution in [2.45, 2.75) is 0 Å². The summed E-state index contributed by atoms with van der Waals surface area (Å²) in [6.07, 6.45) is 2.69. The number of rotatable bonds is 1. The monoisotopic (exact) mass is 177 g/mol. The van der Waals surface area contributed by atoms with Crippen molar-refractivity contribution in [3.63, 3.8) is 0 Å². The second-order valence-corrected chi connectivity index (χ2v) is 2.80. The standard InChI is InChI=1S/C9H6ClN2/c10-8-4-2-1-3-7(8)9-5-6-11-12-9/h1-5H,(H,11,12). The number of hydrogen-bond donors (Lipinski definition) is 1. The van der Waals surface area contributed by atoms with E-state index in [-0.39, 0.29) is 0 Å². The van der Waals surface area contributed by atoms with Gasteiger partial charge in [-0.2, -0.15) is 5.10 Å². The molecule has 0 atom stereocenters. The summed E-state index contributed by atoms with van der Waals surface area (Å²) in [6, 6.07) is 9.37. The van der Waals surface area contributed by atoms with Crippen LogP contribution in [0.4, 0.5) is 0 Å². The minimum atomic E-state index is 0.718. The molecule has 0 aliphatic rings. The molecule has 1 aromatic heterocycles. The number of benzene rings is 1. The third kappa shape index (κ3) is 1.21. The van der Waals surface area contributed by atoms with Crippen LogP contribution in [0.5, 0.6) is 0 Å². The van der Waals surface area contributed by atoms with Crippen molar-refractivity contribution in [2.75, 3.05) is 0 Å². The van der Waals surface area contributed by atoms with Gasteiger partial charge in [-0.15, -0.1) is 0 Å². The summed E-state index contributed by atoms with van der Waals surface area (Å²) in [7, 11) is 0. The third-order valence-electron chi connectivity index (χ3n) is 1.61. The maximum atomic E-state index is 5.95. The average Bonchev–Trinajstić information content (AvgIpc) is 2.57. The first kappa shape index (κ1) is 7.37. The van der Waals surface area contributed by atoms with Gasteiger partial charge in [-0.3, -0.25) is 5.10 Å². The van der Waals surface area contributed by atoms with Gasteiger partial charge in [0.2, 0.25) is 0 Å². The summed E-state index contributed by atoms with van der Waals surface area (Å²) in [6.45, 7) is 0. The Balaban J connectivity index is 2.55. The average molecular weight is 178 g/mol. The van der Waals surface area contributed by atoms with Gasteiger partial charge in [-0.05, 0) is 12.1 Å². The Morgan fingerprint density at radius 1 is 1.33 bits per heavy atom. The predicted octanol–water partition coefficient (Wildman–Crippen LogP) is 2.53. The lowest BCUT2D eigenvalue weighted by Crippen LogP contribution is -1.78. The van der Waals surface area contributed by atoms with Gasteiger partial charge in [-0.25, -0.2) is 0 Å². The number of nitrogens with one attached hydrogen (secondary N) is 1. The van der Waals surface area contributed by atoms with Gasteiger partial charge in [0.15, 0.2) is 0 Å². The molecular weight excluding hydrogens is 172 g/mol. The highest BCUT2D eigenvalue weighted by Gasteiger charge is 2.01. The van der Waals surface area contributed by atoms with Crippen LogP contribution in [0, 0.1) is 6.20 Å². The smallest absolute Gasteiger partial charge is 0.113 e. The summed E-state index contributed by atoms with van der Waals surface area (Å²) >= 11 is 5.95. The van der Waals surface area contributed by atoms with E-state index < -0.39 is 0 Å². The fraction of sp³-hybridized carbons (Fsp3) is 0. The molecule has 0 amide bonds. The normalized spacial score (nSPS) is 10.1. The SMILES string of the molecule is Clc1ccccc1-c1c[c]n[nH]1. The topological polar surface area (TPSA) is 28.7 Å². The first-order chi connectivity index (χ1) is 5.88. The highest BCUT2D eigenvalue weighted by Crippen LogP contribution is 2.24. The number of nitrogens with zero attached hydrogens (tertiary/aromatic N) is 1. The third-order valence-corrected chi connectivity index (χ3v) is 1.94. The largest absolute Gasteiger partial charge is 0.277 e. The van der Waals surface area contributed by atoms with E-state index in [1.165, 1.54) is 0 Å². The van der Waals surface area contributed by atoms with Crippen LogP contribution in [0.3, 0.4) is 0 Å². The molecule has 1 heterocycles. The Kier molecular flexibility index (Phi) is 1.84. The van der Waals surface area contributed by atoms with E-state index in [1.54, 1.807) is 6.07 Å². The van der Waals surface area contributed by atoms with E-state index in [0.717, 1.165) is 16.3 Å². The Bertz CT molecular complexity index is 368. The maximum Gasteiger partial charge on any atom is 0.113 e. The number of H-pyrrole nitrogens is 1.